The van der Waals surface area contributed by atoms with Crippen molar-refractivity contribution in [2.24, 2.45) is 0 Å². The molecule has 0 atom stereocenters. The fourth-order valence-corrected chi connectivity index (χ4v) is 2.72. The molecule has 1 fully saturated rings. The van der Waals surface area contributed by atoms with Crippen LogP contribution in [0.2, 0.25) is 0 Å². The maximum absolute atomic E-state index is 11.9. The van der Waals surface area contributed by atoms with E-state index in [1.165, 1.54) is 5.69 Å². The van der Waals surface area contributed by atoms with Gasteiger partial charge in [0.15, 0.2) is 0 Å². The SMILES string of the molecule is CCn1nccc1C1CCN(C(=O)NCCC(=O)O)CC1. The van der Waals surface area contributed by atoms with Crippen molar-refractivity contribution in [3.63, 3.8) is 0 Å². The molecule has 2 heterocycles. The molecule has 116 valence electrons. The molecule has 0 spiro atoms. The molecule has 0 unspecified atom stereocenters. The van der Waals surface area contributed by atoms with Crippen molar-refractivity contribution >= 4 is 12.0 Å². The zero-order chi connectivity index (χ0) is 15.2. The summed E-state index contributed by atoms with van der Waals surface area (Å²) in [5, 5.41) is 15.5. The number of hydrogen-bond acceptors (Lipinski definition) is 3. The first-order chi connectivity index (χ1) is 10.1. The highest BCUT2D eigenvalue weighted by Gasteiger charge is 2.25. The van der Waals surface area contributed by atoms with Crippen molar-refractivity contribution in [2.45, 2.75) is 38.6 Å². The van der Waals surface area contributed by atoms with Crippen LogP contribution in [0.1, 0.15) is 37.8 Å². The van der Waals surface area contributed by atoms with Gasteiger partial charge in [-0.25, -0.2) is 4.79 Å². The molecule has 2 N–H and O–H groups in total. The van der Waals surface area contributed by atoms with Crippen molar-refractivity contribution in [3.05, 3.63) is 18.0 Å². The number of nitrogens with one attached hydrogen (secondary N) is 1. The number of aryl methyl sites for hydroxylation is 1. The number of carboxylic acids is 1. The Balaban J connectivity index is 1.80. The Hall–Kier alpha value is -2.05. The van der Waals surface area contributed by atoms with E-state index in [1.807, 2.05) is 10.9 Å². The van der Waals surface area contributed by atoms with Crippen LogP contribution < -0.4 is 5.32 Å². The summed E-state index contributed by atoms with van der Waals surface area (Å²) in [4.78, 5) is 24.1. The minimum Gasteiger partial charge on any atom is -0.481 e. The van der Waals surface area contributed by atoms with E-state index in [0.717, 1.165) is 19.4 Å². The molecular weight excluding hydrogens is 272 g/mol. The molecular formula is C14H22N4O3. The lowest BCUT2D eigenvalue weighted by atomic mass is 9.93. The number of urea groups is 1. The number of hydrogen-bond donors (Lipinski definition) is 2. The summed E-state index contributed by atoms with van der Waals surface area (Å²) in [5.74, 6) is -0.461. The van der Waals surface area contributed by atoms with Gasteiger partial charge in [0.05, 0.1) is 6.42 Å². The van der Waals surface area contributed by atoms with Gasteiger partial charge in [-0.3, -0.25) is 9.48 Å². The van der Waals surface area contributed by atoms with Crippen molar-refractivity contribution in [1.29, 1.82) is 0 Å². The van der Waals surface area contributed by atoms with Crippen LogP contribution in [0.4, 0.5) is 4.79 Å². The summed E-state index contributed by atoms with van der Waals surface area (Å²) < 4.78 is 2.01. The number of aliphatic carboxylic acids is 1. The second-order valence-electron chi connectivity index (χ2n) is 5.21. The Morgan fingerprint density at radius 1 is 1.43 bits per heavy atom. The van der Waals surface area contributed by atoms with Gasteiger partial charge in [0.1, 0.15) is 0 Å². The topological polar surface area (TPSA) is 87.5 Å². The lowest BCUT2D eigenvalue weighted by molar-refractivity contribution is -0.136. The standard InChI is InChI=1S/C14H22N4O3/c1-2-18-12(3-8-16-18)11-5-9-17(10-6-11)14(21)15-7-4-13(19)20/h3,8,11H,2,4-7,9-10H2,1H3,(H,15,21)(H,19,20). The van der Waals surface area contributed by atoms with E-state index in [4.69, 9.17) is 5.11 Å². The third-order valence-electron chi connectivity index (χ3n) is 3.86. The molecule has 1 aliphatic rings. The monoisotopic (exact) mass is 294 g/mol. The van der Waals surface area contributed by atoms with Crippen molar-refractivity contribution < 1.29 is 14.7 Å². The molecule has 7 heteroatoms. The number of piperidine rings is 1. The normalized spacial score (nSPS) is 16.0. The summed E-state index contributed by atoms with van der Waals surface area (Å²) in [5.41, 5.74) is 1.24. The van der Waals surface area contributed by atoms with Crippen LogP contribution in [-0.4, -0.2) is 51.4 Å². The van der Waals surface area contributed by atoms with Gasteiger partial charge in [0, 0.05) is 44.0 Å². The molecule has 0 bridgehead atoms. The first kappa shape index (κ1) is 15.3. The first-order valence-electron chi connectivity index (χ1n) is 7.38. The summed E-state index contributed by atoms with van der Waals surface area (Å²) in [6.45, 7) is 4.49. The molecule has 21 heavy (non-hydrogen) atoms. The van der Waals surface area contributed by atoms with E-state index in [2.05, 4.69) is 23.4 Å². The number of likely N-dealkylation sites (tertiary alicyclic amines) is 1. The Bertz CT molecular complexity index is 492. The predicted molar refractivity (Wildman–Crippen MR) is 77.1 cm³/mol. The molecule has 1 aromatic heterocycles. The largest absolute Gasteiger partial charge is 0.481 e. The van der Waals surface area contributed by atoms with Gasteiger partial charge in [-0.05, 0) is 25.8 Å². The summed E-state index contributed by atoms with van der Waals surface area (Å²) in [7, 11) is 0. The van der Waals surface area contributed by atoms with Gasteiger partial charge < -0.3 is 15.3 Å². The smallest absolute Gasteiger partial charge is 0.317 e. The summed E-state index contributed by atoms with van der Waals surface area (Å²) in [6.07, 6.45) is 3.61. The van der Waals surface area contributed by atoms with Gasteiger partial charge in [-0.1, -0.05) is 0 Å². The summed E-state index contributed by atoms with van der Waals surface area (Å²) >= 11 is 0. The zero-order valence-electron chi connectivity index (χ0n) is 12.3. The van der Waals surface area contributed by atoms with Gasteiger partial charge in [0.2, 0.25) is 0 Å². The highest BCUT2D eigenvalue weighted by atomic mass is 16.4. The highest BCUT2D eigenvalue weighted by Crippen LogP contribution is 2.27. The fourth-order valence-electron chi connectivity index (χ4n) is 2.72. The second-order valence-corrected chi connectivity index (χ2v) is 5.21. The van der Waals surface area contributed by atoms with Crippen LogP contribution in [-0.2, 0) is 11.3 Å². The van der Waals surface area contributed by atoms with Gasteiger partial charge in [-0.2, -0.15) is 5.10 Å². The number of carboxylic acid groups (broad SMARTS) is 1. The predicted octanol–water partition coefficient (Wildman–Crippen LogP) is 1.27. The maximum Gasteiger partial charge on any atom is 0.317 e. The summed E-state index contributed by atoms with van der Waals surface area (Å²) in [6, 6.07) is 1.88. The molecule has 0 radical (unpaired) electrons. The minimum absolute atomic E-state index is 0.0438. The molecule has 7 nitrogen and oxygen atoms in total. The Morgan fingerprint density at radius 2 is 2.14 bits per heavy atom. The Kier molecular flexibility index (Phi) is 5.19. The molecule has 2 amide bonds. The Labute approximate surface area is 123 Å². The van der Waals surface area contributed by atoms with E-state index in [9.17, 15) is 9.59 Å². The van der Waals surface area contributed by atoms with Crippen LogP contribution in [0.5, 0.6) is 0 Å². The van der Waals surface area contributed by atoms with E-state index in [0.29, 0.717) is 19.0 Å². The van der Waals surface area contributed by atoms with E-state index >= 15 is 0 Å². The molecule has 0 saturated carbocycles. The number of amides is 2. The maximum atomic E-state index is 11.9. The quantitative estimate of drug-likeness (QED) is 0.856. The molecule has 1 saturated heterocycles. The Morgan fingerprint density at radius 3 is 2.76 bits per heavy atom. The van der Waals surface area contributed by atoms with E-state index in [1.54, 1.807) is 4.90 Å². The molecule has 1 aliphatic heterocycles. The highest BCUT2D eigenvalue weighted by molar-refractivity contribution is 5.75. The van der Waals surface area contributed by atoms with Crippen molar-refractivity contribution in [3.8, 4) is 0 Å². The molecule has 1 aromatic rings. The van der Waals surface area contributed by atoms with Gasteiger partial charge >= 0.3 is 12.0 Å². The van der Waals surface area contributed by atoms with Crippen LogP contribution in [0, 0.1) is 0 Å². The number of carbonyl (C=O) groups is 2. The number of nitrogens with zero attached hydrogens (tertiary/aromatic N) is 3. The lowest BCUT2D eigenvalue weighted by Crippen LogP contribution is -2.44. The average Bonchev–Trinajstić information content (AvgIpc) is 2.95. The van der Waals surface area contributed by atoms with Crippen LogP contribution >= 0.6 is 0 Å². The van der Waals surface area contributed by atoms with Crippen LogP contribution in [0.3, 0.4) is 0 Å². The van der Waals surface area contributed by atoms with Gasteiger partial charge in [0.25, 0.3) is 0 Å². The van der Waals surface area contributed by atoms with Crippen molar-refractivity contribution in [2.75, 3.05) is 19.6 Å². The zero-order valence-corrected chi connectivity index (χ0v) is 12.3. The third-order valence-corrected chi connectivity index (χ3v) is 3.86. The molecule has 0 aliphatic carbocycles. The van der Waals surface area contributed by atoms with E-state index < -0.39 is 5.97 Å². The minimum atomic E-state index is -0.901. The third kappa shape index (κ3) is 3.96. The van der Waals surface area contributed by atoms with Crippen molar-refractivity contribution in [1.82, 2.24) is 20.0 Å². The van der Waals surface area contributed by atoms with Crippen LogP contribution in [0.15, 0.2) is 12.3 Å². The number of rotatable bonds is 5. The van der Waals surface area contributed by atoms with Crippen LogP contribution in [0.25, 0.3) is 0 Å². The fraction of sp³-hybridized carbons (Fsp3) is 0.643. The first-order valence-corrected chi connectivity index (χ1v) is 7.38. The molecule has 2 rings (SSSR count). The van der Waals surface area contributed by atoms with Gasteiger partial charge in [-0.15, -0.1) is 0 Å². The number of carbonyl (C=O) groups excluding carboxylic acids is 1. The lowest BCUT2D eigenvalue weighted by Gasteiger charge is -2.32. The second kappa shape index (κ2) is 7.10. The number of aromatic nitrogens is 2. The molecule has 0 aromatic carbocycles. The van der Waals surface area contributed by atoms with E-state index in [-0.39, 0.29) is 19.0 Å². The average molecular weight is 294 g/mol.